The highest BCUT2D eigenvalue weighted by atomic mass is 32.1. The van der Waals surface area contributed by atoms with Crippen LogP contribution < -0.4 is 9.47 Å². The van der Waals surface area contributed by atoms with E-state index < -0.39 is 0 Å². The quantitative estimate of drug-likeness (QED) is 0.877. The second-order valence-electron chi connectivity index (χ2n) is 5.92. The van der Waals surface area contributed by atoms with Gasteiger partial charge in [-0.3, -0.25) is 4.79 Å². The van der Waals surface area contributed by atoms with Crippen LogP contribution in [0.1, 0.15) is 24.0 Å². The maximum Gasteiger partial charge on any atom is 0.231 e. The molecule has 3 nitrogen and oxygen atoms in total. The molecule has 0 N–H and O–H groups in total. The molecular weight excluding hydrogens is 296 g/mol. The highest BCUT2D eigenvalue weighted by Crippen LogP contribution is 2.51. The lowest BCUT2D eigenvalue weighted by Crippen LogP contribution is -2.22. The van der Waals surface area contributed by atoms with Gasteiger partial charge in [0.1, 0.15) is 5.78 Å². The summed E-state index contributed by atoms with van der Waals surface area (Å²) in [4.78, 5) is 13.7. The van der Waals surface area contributed by atoms with Gasteiger partial charge in [0.25, 0.3) is 0 Å². The summed E-state index contributed by atoms with van der Waals surface area (Å²) in [5, 5.41) is 0. The number of rotatable bonds is 4. The molecule has 1 aliphatic heterocycles. The van der Waals surface area contributed by atoms with Crippen LogP contribution in [0, 0.1) is 0 Å². The van der Waals surface area contributed by atoms with Crippen LogP contribution in [0.4, 0.5) is 0 Å². The molecule has 0 spiro atoms. The molecule has 22 heavy (non-hydrogen) atoms. The lowest BCUT2D eigenvalue weighted by atomic mass is 9.88. The van der Waals surface area contributed by atoms with Gasteiger partial charge in [-0.2, -0.15) is 0 Å². The van der Waals surface area contributed by atoms with Crippen molar-refractivity contribution >= 4 is 18.4 Å². The molecule has 0 atom stereocenters. The SMILES string of the molecule is O=C(Cc1cccc(S)c1)C1(c2ccc3c(c2)OCO3)CC1. The monoisotopic (exact) mass is 312 g/mol. The van der Waals surface area contributed by atoms with Crippen LogP contribution in [0.5, 0.6) is 11.5 Å². The Balaban J connectivity index is 1.60. The van der Waals surface area contributed by atoms with Crippen molar-refractivity contribution in [3.63, 3.8) is 0 Å². The zero-order valence-corrected chi connectivity index (χ0v) is 12.9. The second kappa shape index (κ2) is 5.06. The van der Waals surface area contributed by atoms with Gasteiger partial charge >= 0.3 is 0 Å². The van der Waals surface area contributed by atoms with E-state index in [2.05, 4.69) is 12.6 Å². The molecule has 112 valence electrons. The molecule has 1 fully saturated rings. The van der Waals surface area contributed by atoms with Crippen LogP contribution in [-0.2, 0) is 16.6 Å². The molecule has 0 radical (unpaired) electrons. The van der Waals surface area contributed by atoms with Gasteiger partial charge in [0.2, 0.25) is 6.79 Å². The minimum atomic E-state index is -0.340. The Morgan fingerprint density at radius 1 is 1.09 bits per heavy atom. The predicted molar refractivity (Wildman–Crippen MR) is 85.9 cm³/mol. The first-order chi connectivity index (χ1) is 10.7. The number of hydrogen-bond donors (Lipinski definition) is 1. The Morgan fingerprint density at radius 2 is 1.91 bits per heavy atom. The van der Waals surface area contributed by atoms with E-state index in [0.717, 1.165) is 40.4 Å². The number of ketones is 1. The third kappa shape index (κ3) is 2.28. The Labute approximate surface area is 134 Å². The number of benzene rings is 2. The summed E-state index contributed by atoms with van der Waals surface area (Å²) >= 11 is 4.34. The van der Waals surface area contributed by atoms with Crippen molar-refractivity contribution in [1.82, 2.24) is 0 Å². The van der Waals surface area contributed by atoms with Crippen molar-refractivity contribution in [2.24, 2.45) is 0 Å². The summed E-state index contributed by atoms with van der Waals surface area (Å²) in [6.45, 7) is 0.258. The molecule has 0 saturated heterocycles. The van der Waals surface area contributed by atoms with Crippen molar-refractivity contribution in [1.29, 1.82) is 0 Å². The zero-order chi connectivity index (χ0) is 15.2. The Hall–Kier alpha value is -1.94. The van der Waals surface area contributed by atoms with Gasteiger partial charge < -0.3 is 9.47 Å². The predicted octanol–water partition coefficient (Wildman–Crippen LogP) is 3.55. The van der Waals surface area contributed by atoms with Crippen LogP contribution in [0.25, 0.3) is 0 Å². The number of thiol groups is 1. The zero-order valence-electron chi connectivity index (χ0n) is 12.0. The third-order valence-electron chi connectivity index (χ3n) is 4.48. The molecule has 1 saturated carbocycles. The number of hydrogen-bond acceptors (Lipinski definition) is 4. The second-order valence-corrected chi connectivity index (χ2v) is 6.44. The van der Waals surface area contributed by atoms with Gasteiger partial charge in [-0.05, 0) is 48.2 Å². The summed E-state index contributed by atoms with van der Waals surface area (Å²) < 4.78 is 10.8. The lowest BCUT2D eigenvalue weighted by molar-refractivity contribution is -0.120. The summed E-state index contributed by atoms with van der Waals surface area (Å²) in [6.07, 6.45) is 2.26. The molecular formula is C18H16O3S. The highest BCUT2D eigenvalue weighted by Gasteiger charge is 2.50. The smallest absolute Gasteiger partial charge is 0.231 e. The van der Waals surface area contributed by atoms with Crippen LogP contribution >= 0.6 is 12.6 Å². The van der Waals surface area contributed by atoms with E-state index in [1.807, 2.05) is 42.5 Å². The average molecular weight is 312 g/mol. The lowest BCUT2D eigenvalue weighted by Gasteiger charge is -2.15. The van der Waals surface area contributed by atoms with Crippen molar-refractivity contribution in [3.8, 4) is 11.5 Å². The van der Waals surface area contributed by atoms with E-state index in [1.165, 1.54) is 0 Å². The topological polar surface area (TPSA) is 35.5 Å². The van der Waals surface area contributed by atoms with Gasteiger partial charge in [-0.15, -0.1) is 12.6 Å². The molecule has 4 rings (SSSR count). The highest BCUT2D eigenvalue weighted by molar-refractivity contribution is 7.80. The maximum atomic E-state index is 12.8. The first-order valence-corrected chi connectivity index (χ1v) is 7.83. The molecule has 2 aromatic carbocycles. The Morgan fingerprint density at radius 3 is 2.68 bits per heavy atom. The largest absolute Gasteiger partial charge is 0.454 e. The van der Waals surface area contributed by atoms with Gasteiger partial charge in [0, 0.05) is 11.3 Å². The Bertz CT molecular complexity index is 750. The van der Waals surface area contributed by atoms with E-state index in [-0.39, 0.29) is 18.0 Å². The summed E-state index contributed by atoms with van der Waals surface area (Å²) in [6, 6.07) is 13.6. The fraction of sp³-hybridized carbons (Fsp3) is 0.278. The van der Waals surface area contributed by atoms with E-state index >= 15 is 0 Å². The minimum absolute atomic E-state index is 0.258. The summed E-state index contributed by atoms with van der Waals surface area (Å²) in [5.41, 5.74) is 1.72. The van der Waals surface area contributed by atoms with E-state index in [1.54, 1.807) is 0 Å². The van der Waals surface area contributed by atoms with E-state index in [0.29, 0.717) is 6.42 Å². The van der Waals surface area contributed by atoms with Gasteiger partial charge in [0.05, 0.1) is 5.41 Å². The molecule has 0 unspecified atom stereocenters. The Kier molecular flexibility index (Phi) is 3.15. The number of fused-ring (bicyclic) bond motifs is 1. The number of carbonyl (C=O) groups is 1. The third-order valence-corrected chi connectivity index (χ3v) is 4.76. The van der Waals surface area contributed by atoms with Gasteiger partial charge in [-0.1, -0.05) is 18.2 Å². The molecule has 4 heteroatoms. The standard InChI is InChI=1S/C18H16O3S/c19-17(9-12-2-1-3-14(22)8-12)18(6-7-18)13-4-5-15-16(10-13)21-11-20-15/h1-5,8,10,22H,6-7,9,11H2. The molecule has 0 amide bonds. The first-order valence-electron chi connectivity index (χ1n) is 7.39. The molecule has 0 aromatic heterocycles. The number of ether oxygens (including phenoxy) is 2. The molecule has 1 aliphatic carbocycles. The summed E-state index contributed by atoms with van der Waals surface area (Å²) in [7, 11) is 0. The molecule has 2 aliphatic rings. The number of carbonyl (C=O) groups excluding carboxylic acids is 1. The van der Waals surface area contributed by atoms with Crippen LogP contribution in [0.3, 0.4) is 0 Å². The fourth-order valence-corrected chi connectivity index (χ4v) is 3.32. The van der Waals surface area contributed by atoms with E-state index in [9.17, 15) is 4.79 Å². The van der Waals surface area contributed by atoms with Crippen LogP contribution in [0.15, 0.2) is 47.4 Å². The van der Waals surface area contributed by atoms with Crippen molar-refractivity contribution in [3.05, 3.63) is 53.6 Å². The van der Waals surface area contributed by atoms with Crippen molar-refractivity contribution in [2.75, 3.05) is 6.79 Å². The minimum Gasteiger partial charge on any atom is -0.454 e. The number of Topliss-reactive ketones (excluding diaryl/α,β-unsaturated/α-hetero) is 1. The van der Waals surface area contributed by atoms with Crippen LogP contribution in [-0.4, -0.2) is 12.6 Å². The van der Waals surface area contributed by atoms with Crippen molar-refractivity contribution in [2.45, 2.75) is 29.6 Å². The van der Waals surface area contributed by atoms with Crippen molar-refractivity contribution < 1.29 is 14.3 Å². The average Bonchev–Trinajstić information content (AvgIpc) is 3.19. The molecule has 1 heterocycles. The van der Waals surface area contributed by atoms with E-state index in [4.69, 9.17) is 9.47 Å². The van der Waals surface area contributed by atoms with Crippen LogP contribution in [0.2, 0.25) is 0 Å². The normalized spacial score (nSPS) is 17.3. The molecule has 0 bridgehead atoms. The van der Waals surface area contributed by atoms with Gasteiger partial charge in [0.15, 0.2) is 11.5 Å². The summed E-state index contributed by atoms with van der Waals surface area (Å²) in [5.74, 6) is 1.77. The van der Waals surface area contributed by atoms with Gasteiger partial charge in [-0.25, -0.2) is 0 Å². The molecule has 2 aromatic rings. The first kappa shape index (κ1) is 13.7. The maximum absolute atomic E-state index is 12.8. The fourth-order valence-electron chi connectivity index (χ4n) is 3.07.